The molecule has 1 rings (SSSR count). The van der Waals surface area contributed by atoms with Gasteiger partial charge in [-0.15, -0.1) is 0 Å². The van der Waals surface area contributed by atoms with Crippen molar-refractivity contribution in [2.75, 3.05) is 6.61 Å². The van der Waals surface area contributed by atoms with Crippen LogP contribution in [-0.4, -0.2) is 22.5 Å². The van der Waals surface area contributed by atoms with E-state index in [1.165, 1.54) is 0 Å². The lowest BCUT2D eigenvalue weighted by Gasteiger charge is -1.96. The highest BCUT2D eigenvalue weighted by molar-refractivity contribution is 6.32. The molecule has 0 fully saturated rings. The first-order valence-electron chi connectivity index (χ1n) is 5.10. The van der Waals surface area contributed by atoms with E-state index in [2.05, 4.69) is 16.9 Å². The topological polar surface area (TPSA) is 55.0 Å². The molecule has 0 aliphatic heterocycles. The maximum absolute atomic E-state index is 11.4. The number of esters is 1. The molecule has 0 atom stereocenters. The molecule has 0 radical (unpaired) electrons. The number of halogens is 1. The molecule has 0 aromatic carbocycles. The highest BCUT2D eigenvalue weighted by Gasteiger charge is 2.16. The van der Waals surface area contributed by atoms with Gasteiger partial charge in [-0.05, 0) is 13.3 Å². The SMILES string of the molecule is CCCCc1nc(C(=O)OCC)c(Cl)[nH]1. The van der Waals surface area contributed by atoms with E-state index in [1.54, 1.807) is 6.92 Å². The summed E-state index contributed by atoms with van der Waals surface area (Å²) in [5.74, 6) is 0.270. The van der Waals surface area contributed by atoms with Crippen LogP contribution in [0.1, 0.15) is 43.0 Å². The van der Waals surface area contributed by atoms with Crippen molar-refractivity contribution < 1.29 is 9.53 Å². The fourth-order valence-corrected chi connectivity index (χ4v) is 1.42. The highest BCUT2D eigenvalue weighted by Crippen LogP contribution is 2.15. The lowest BCUT2D eigenvalue weighted by Crippen LogP contribution is -2.05. The van der Waals surface area contributed by atoms with Gasteiger partial charge in [-0.3, -0.25) is 0 Å². The van der Waals surface area contributed by atoms with Crippen LogP contribution in [0, 0.1) is 0 Å². The minimum atomic E-state index is -0.471. The zero-order valence-corrected chi connectivity index (χ0v) is 9.73. The van der Waals surface area contributed by atoms with Crippen molar-refractivity contribution in [2.45, 2.75) is 33.1 Å². The van der Waals surface area contributed by atoms with Crippen molar-refractivity contribution in [1.29, 1.82) is 0 Å². The van der Waals surface area contributed by atoms with Crippen LogP contribution in [0.2, 0.25) is 5.15 Å². The average Bonchev–Trinajstić information content (AvgIpc) is 2.57. The van der Waals surface area contributed by atoms with Crippen LogP contribution in [0.25, 0.3) is 0 Å². The van der Waals surface area contributed by atoms with Crippen LogP contribution < -0.4 is 0 Å². The van der Waals surface area contributed by atoms with E-state index in [0.717, 1.165) is 25.1 Å². The Hall–Kier alpha value is -1.03. The predicted molar refractivity (Wildman–Crippen MR) is 58.2 cm³/mol. The predicted octanol–water partition coefficient (Wildman–Crippen LogP) is 2.58. The third-order valence-corrected chi connectivity index (χ3v) is 2.22. The number of nitrogens with zero attached hydrogens (tertiary/aromatic N) is 1. The van der Waals surface area contributed by atoms with Gasteiger partial charge in [-0.1, -0.05) is 24.9 Å². The molecular weight excluding hydrogens is 216 g/mol. The number of aromatic nitrogens is 2. The van der Waals surface area contributed by atoms with Crippen LogP contribution in [0.3, 0.4) is 0 Å². The second-order valence-electron chi connectivity index (χ2n) is 3.17. The molecule has 0 saturated carbocycles. The molecule has 0 aliphatic carbocycles. The average molecular weight is 231 g/mol. The van der Waals surface area contributed by atoms with E-state index < -0.39 is 5.97 Å². The fraction of sp³-hybridized carbons (Fsp3) is 0.600. The van der Waals surface area contributed by atoms with Crippen LogP contribution in [0.15, 0.2) is 0 Å². The van der Waals surface area contributed by atoms with Gasteiger partial charge in [0, 0.05) is 6.42 Å². The molecule has 84 valence electrons. The van der Waals surface area contributed by atoms with Gasteiger partial charge < -0.3 is 9.72 Å². The molecule has 0 bridgehead atoms. The number of ether oxygens (including phenoxy) is 1. The van der Waals surface area contributed by atoms with Crippen molar-refractivity contribution in [3.63, 3.8) is 0 Å². The van der Waals surface area contributed by atoms with E-state index >= 15 is 0 Å². The first-order chi connectivity index (χ1) is 7.19. The van der Waals surface area contributed by atoms with E-state index in [-0.39, 0.29) is 10.8 Å². The van der Waals surface area contributed by atoms with Crippen LogP contribution in [0.4, 0.5) is 0 Å². The molecular formula is C10H15ClN2O2. The molecule has 0 unspecified atom stereocenters. The summed E-state index contributed by atoms with van der Waals surface area (Å²) in [5, 5.41) is 0.263. The van der Waals surface area contributed by atoms with Gasteiger partial charge in [0.05, 0.1) is 6.61 Å². The van der Waals surface area contributed by atoms with Crippen LogP contribution >= 0.6 is 11.6 Å². The van der Waals surface area contributed by atoms with Crippen molar-refractivity contribution in [2.24, 2.45) is 0 Å². The monoisotopic (exact) mass is 230 g/mol. The number of unbranched alkanes of at least 4 members (excludes halogenated alkanes) is 1. The Kier molecular flexibility index (Phi) is 4.62. The second-order valence-corrected chi connectivity index (χ2v) is 3.55. The zero-order valence-electron chi connectivity index (χ0n) is 8.97. The van der Waals surface area contributed by atoms with E-state index in [9.17, 15) is 4.79 Å². The lowest BCUT2D eigenvalue weighted by atomic mass is 10.2. The normalized spacial score (nSPS) is 10.3. The van der Waals surface area contributed by atoms with Crippen molar-refractivity contribution >= 4 is 17.6 Å². The Bertz CT molecular complexity index is 336. The maximum atomic E-state index is 11.4. The standard InChI is InChI=1S/C10H15ClN2O2/c1-3-5-6-7-12-8(9(11)13-7)10(14)15-4-2/h3-6H2,1-2H3,(H,12,13). The van der Waals surface area contributed by atoms with Gasteiger partial charge in [0.15, 0.2) is 5.69 Å². The Balaban J connectivity index is 2.72. The largest absolute Gasteiger partial charge is 0.461 e. The summed E-state index contributed by atoms with van der Waals surface area (Å²) in [6.45, 7) is 4.17. The van der Waals surface area contributed by atoms with Gasteiger partial charge in [-0.2, -0.15) is 0 Å². The van der Waals surface area contributed by atoms with Gasteiger partial charge in [0.2, 0.25) is 0 Å². The van der Waals surface area contributed by atoms with Crippen LogP contribution in [-0.2, 0) is 11.2 Å². The van der Waals surface area contributed by atoms with Gasteiger partial charge in [0.25, 0.3) is 0 Å². The number of imidazole rings is 1. The molecule has 0 spiro atoms. The van der Waals surface area contributed by atoms with Gasteiger partial charge >= 0.3 is 5.97 Å². The number of rotatable bonds is 5. The number of aromatic amines is 1. The molecule has 0 amide bonds. The van der Waals surface area contributed by atoms with Crippen molar-refractivity contribution in [3.05, 3.63) is 16.7 Å². The number of aryl methyl sites for hydroxylation is 1. The van der Waals surface area contributed by atoms with Gasteiger partial charge in [-0.25, -0.2) is 9.78 Å². The minimum absolute atomic E-state index is 0.185. The minimum Gasteiger partial charge on any atom is -0.461 e. The highest BCUT2D eigenvalue weighted by atomic mass is 35.5. The van der Waals surface area contributed by atoms with Crippen molar-refractivity contribution in [1.82, 2.24) is 9.97 Å². The number of H-pyrrole nitrogens is 1. The first-order valence-corrected chi connectivity index (χ1v) is 5.48. The summed E-state index contributed by atoms with van der Waals surface area (Å²) in [6, 6.07) is 0. The Morgan fingerprint density at radius 3 is 2.87 bits per heavy atom. The number of hydrogen-bond donors (Lipinski definition) is 1. The fourth-order valence-electron chi connectivity index (χ4n) is 1.20. The number of hydrogen-bond acceptors (Lipinski definition) is 3. The summed E-state index contributed by atoms with van der Waals surface area (Å²) in [6.07, 6.45) is 2.90. The van der Waals surface area contributed by atoms with E-state index in [0.29, 0.717) is 6.61 Å². The number of carbonyl (C=O) groups is 1. The molecule has 0 aliphatic rings. The number of nitrogens with one attached hydrogen (secondary N) is 1. The zero-order chi connectivity index (χ0) is 11.3. The second kappa shape index (κ2) is 5.75. The summed E-state index contributed by atoms with van der Waals surface area (Å²) in [7, 11) is 0. The quantitative estimate of drug-likeness (QED) is 0.791. The summed E-state index contributed by atoms with van der Waals surface area (Å²) < 4.78 is 4.82. The maximum Gasteiger partial charge on any atom is 0.360 e. The molecule has 15 heavy (non-hydrogen) atoms. The van der Waals surface area contributed by atoms with E-state index in [4.69, 9.17) is 16.3 Å². The molecule has 0 saturated heterocycles. The summed E-state index contributed by atoms with van der Waals surface area (Å²) >= 11 is 5.84. The smallest absolute Gasteiger partial charge is 0.360 e. The first kappa shape index (κ1) is 12.0. The van der Waals surface area contributed by atoms with Gasteiger partial charge in [0.1, 0.15) is 11.0 Å². The third kappa shape index (κ3) is 3.23. The Morgan fingerprint density at radius 2 is 2.27 bits per heavy atom. The van der Waals surface area contributed by atoms with Crippen molar-refractivity contribution in [3.8, 4) is 0 Å². The molecule has 1 aromatic heterocycles. The number of carbonyl (C=O) groups excluding carboxylic acids is 1. The molecule has 1 heterocycles. The third-order valence-electron chi connectivity index (χ3n) is 1.94. The lowest BCUT2D eigenvalue weighted by molar-refractivity contribution is 0.0520. The molecule has 5 heteroatoms. The summed E-state index contributed by atoms with van der Waals surface area (Å²) in [5.41, 5.74) is 0.185. The molecule has 4 nitrogen and oxygen atoms in total. The van der Waals surface area contributed by atoms with E-state index in [1.807, 2.05) is 0 Å². The molecule has 1 aromatic rings. The Morgan fingerprint density at radius 1 is 1.53 bits per heavy atom. The molecule has 1 N–H and O–H groups in total. The summed E-state index contributed by atoms with van der Waals surface area (Å²) in [4.78, 5) is 18.3. The van der Waals surface area contributed by atoms with Crippen LogP contribution in [0.5, 0.6) is 0 Å². The Labute approximate surface area is 94.0 Å².